The number of likely N-dealkylation sites (tertiary alicyclic amines) is 1. The largest absolute Gasteiger partial charge is 0.506 e. The number of hydrogen-bond donors (Lipinski definition) is 2. The molecule has 2 amide bonds. The standard InChI is InChI=1S/C28H30N4O4/c1-17(33)29-23-15-19(31-11-3-4-12-31)7-9-21(23)25-27(35)26(28(25)36)22-10-8-20(32-13-5-6-14-32)16-24(22)30-18(2)34/h7-10,15-16,35H,3-6,11-14H2,1-2H3,(H,29,33). The Hall–Kier alpha value is -3.94. The number of carbonyl (C=O) groups is 3. The summed E-state index contributed by atoms with van der Waals surface area (Å²) in [6.45, 7) is 6.53. The molecule has 2 N–H and O–H groups in total. The fourth-order valence-corrected chi connectivity index (χ4v) is 5.28. The summed E-state index contributed by atoms with van der Waals surface area (Å²) >= 11 is 0. The second kappa shape index (κ2) is 9.60. The molecule has 2 aliphatic heterocycles. The molecule has 1 aromatic rings. The highest BCUT2D eigenvalue weighted by Gasteiger charge is 2.39. The fourth-order valence-electron chi connectivity index (χ4n) is 5.28. The lowest BCUT2D eigenvalue weighted by molar-refractivity contribution is -0.116. The minimum Gasteiger partial charge on any atom is -0.506 e. The van der Waals surface area contributed by atoms with E-state index >= 15 is 0 Å². The van der Waals surface area contributed by atoms with Crippen molar-refractivity contribution in [2.45, 2.75) is 39.5 Å². The van der Waals surface area contributed by atoms with Crippen molar-refractivity contribution in [2.75, 3.05) is 36.4 Å². The van der Waals surface area contributed by atoms with Crippen LogP contribution in [0.15, 0.2) is 64.0 Å². The lowest BCUT2D eigenvalue weighted by atomic mass is 9.78. The van der Waals surface area contributed by atoms with Crippen LogP contribution in [0.1, 0.15) is 45.1 Å². The Labute approximate surface area is 210 Å². The third-order valence-electron chi connectivity index (χ3n) is 6.98. The first-order valence-electron chi connectivity index (χ1n) is 12.5. The summed E-state index contributed by atoms with van der Waals surface area (Å²) in [6.07, 6.45) is 9.91. The van der Waals surface area contributed by atoms with Crippen LogP contribution in [-0.4, -0.2) is 59.5 Å². The SMILES string of the molecule is CC(=O)N=C1C=C(N2CCCC2)C=CC1=C1C(=O)C(c2ccc(N3CCCC3)cc2NC(C)=O)=C1O. The number of hydrogen-bond acceptors (Lipinski definition) is 6. The molecule has 8 heteroatoms. The second-order valence-corrected chi connectivity index (χ2v) is 9.56. The Morgan fingerprint density at radius 2 is 1.61 bits per heavy atom. The molecule has 0 saturated carbocycles. The number of Topliss-reactive ketones (excluding diaryl/α,β-unsaturated/α-hetero) is 1. The molecule has 8 nitrogen and oxygen atoms in total. The summed E-state index contributed by atoms with van der Waals surface area (Å²) in [7, 11) is 0. The topological polar surface area (TPSA) is 102 Å². The molecule has 0 spiro atoms. The van der Waals surface area contributed by atoms with E-state index in [9.17, 15) is 19.5 Å². The van der Waals surface area contributed by atoms with Gasteiger partial charge in [-0.15, -0.1) is 0 Å². The predicted octanol–water partition coefficient (Wildman–Crippen LogP) is 3.93. The molecule has 2 fully saturated rings. The van der Waals surface area contributed by atoms with Gasteiger partial charge in [-0.25, -0.2) is 4.99 Å². The number of anilines is 2. The Kier molecular flexibility index (Phi) is 6.35. The average Bonchev–Trinajstić information content (AvgIpc) is 3.55. The molecule has 0 aromatic heterocycles. The Morgan fingerprint density at radius 1 is 0.944 bits per heavy atom. The van der Waals surface area contributed by atoms with Gasteiger partial charge in [0.05, 0.1) is 22.5 Å². The van der Waals surface area contributed by atoms with Gasteiger partial charge in [0.15, 0.2) is 0 Å². The maximum atomic E-state index is 13.4. The average molecular weight is 487 g/mol. The van der Waals surface area contributed by atoms with Gasteiger partial charge in [0.25, 0.3) is 0 Å². The highest BCUT2D eigenvalue weighted by molar-refractivity contribution is 6.42. The van der Waals surface area contributed by atoms with Crippen LogP contribution in [0.2, 0.25) is 0 Å². The van der Waals surface area contributed by atoms with E-state index in [2.05, 4.69) is 20.1 Å². The zero-order valence-corrected chi connectivity index (χ0v) is 20.6. The summed E-state index contributed by atoms with van der Waals surface area (Å²) < 4.78 is 0. The number of aliphatic hydroxyl groups excluding tert-OH is 1. The normalized spacial score (nSPS) is 22.9. The van der Waals surface area contributed by atoms with Gasteiger partial charge in [-0.1, -0.05) is 0 Å². The number of amides is 2. The van der Waals surface area contributed by atoms with Crippen LogP contribution in [-0.2, 0) is 14.4 Å². The van der Waals surface area contributed by atoms with Crippen LogP contribution in [0, 0.1) is 0 Å². The zero-order chi connectivity index (χ0) is 25.4. The Bertz CT molecular complexity index is 1300. The van der Waals surface area contributed by atoms with Gasteiger partial charge in [-0.2, -0.15) is 0 Å². The van der Waals surface area contributed by atoms with Crippen LogP contribution in [0.4, 0.5) is 11.4 Å². The molecule has 2 saturated heterocycles. The van der Waals surface area contributed by atoms with Crippen molar-refractivity contribution in [3.63, 3.8) is 0 Å². The van der Waals surface area contributed by atoms with Crippen LogP contribution in [0.5, 0.6) is 0 Å². The van der Waals surface area contributed by atoms with Crippen LogP contribution in [0.3, 0.4) is 0 Å². The van der Waals surface area contributed by atoms with Gasteiger partial charge in [0.1, 0.15) is 5.76 Å². The maximum Gasteiger partial charge on any atom is 0.243 e. The zero-order valence-electron chi connectivity index (χ0n) is 20.6. The van der Waals surface area contributed by atoms with Crippen molar-refractivity contribution in [1.82, 2.24) is 4.90 Å². The van der Waals surface area contributed by atoms with Crippen LogP contribution >= 0.6 is 0 Å². The fraction of sp³-hybridized carbons (Fsp3) is 0.357. The molecule has 0 radical (unpaired) electrons. The smallest absolute Gasteiger partial charge is 0.243 e. The minimum atomic E-state index is -0.378. The molecule has 2 heterocycles. The first kappa shape index (κ1) is 23.8. The van der Waals surface area contributed by atoms with E-state index in [4.69, 9.17) is 0 Å². The van der Waals surface area contributed by atoms with E-state index in [1.54, 1.807) is 18.2 Å². The number of nitrogens with zero attached hydrogens (tertiary/aromatic N) is 3. The number of ketones is 1. The molecular formula is C28H30N4O4. The third-order valence-corrected chi connectivity index (χ3v) is 6.98. The molecule has 4 aliphatic rings. The molecule has 0 bridgehead atoms. The van der Waals surface area contributed by atoms with Crippen LogP contribution in [0.25, 0.3) is 5.57 Å². The second-order valence-electron chi connectivity index (χ2n) is 9.56. The number of aliphatic hydroxyl groups is 1. The summed E-state index contributed by atoms with van der Waals surface area (Å²) in [5, 5.41) is 13.9. The monoisotopic (exact) mass is 486 g/mol. The number of allylic oxidation sites excluding steroid dienone is 6. The summed E-state index contributed by atoms with van der Waals surface area (Å²) in [5.41, 5.74) is 3.95. The van der Waals surface area contributed by atoms with Crippen LogP contribution < -0.4 is 10.2 Å². The highest BCUT2D eigenvalue weighted by atomic mass is 16.3. The van der Waals surface area contributed by atoms with Crippen molar-refractivity contribution >= 4 is 40.3 Å². The van der Waals surface area contributed by atoms with Gasteiger partial charge >= 0.3 is 0 Å². The molecule has 186 valence electrons. The maximum absolute atomic E-state index is 13.4. The lowest BCUT2D eigenvalue weighted by Crippen LogP contribution is -2.27. The van der Waals surface area contributed by atoms with Gasteiger partial charge < -0.3 is 20.2 Å². The van der Waals surface area contributed by atoms with Gasteiger partial charge in [0.2, 0.25) is 17.6 Å². The van der Waals surface area contributed by atoms with Crippen molar-refractivity contribution in [2.24, 2.45) is 4.99 Å². The van der Waals surface area contributed by atoms with E-state index in [0.717, 1.165) is 63.2 Å². The quantitative estimate of drug-likeness (QED) is 0.626. The number of nitrogens with one attached hydrogen (secondary N) is 1. The highest BCUT2D eigenvalue weighted by Crippen LogP contribution is 2.43. The molecule has 0 atom stereocenters. The molecule has 36 heavy (non-hydrogen) atoms. The summed E-state index contributed by atoms with van der Waals surface area (Å²) in [4.78, 5) is 45.8. The summed E-state index contributed by atoms with van der Waals surface area (Å²) in [5.74, 6) is -1.14. The van der Waals surface area contributed by atoms with E-state index < -0.39 is 0 Å². The van der Waals surface area contributed by atoms with E-state index in [1.807, 2.05) is 18.2 Å². The van der Waals surface area contributed by atoms with E-state index in [-0.39, 0.29) is 34.5 Å². The van der Waals surface area contributed by atoms with Crippen molar-refractivity contribution in [3.8, 4) is 0 Å². The molecule has 5 rings (SSSR count). The molecular weight excluding hydrogens is 456 g/mol. The molecule has 2 aliphatic carbocycles. The first-order chi connectivity index (χ1) is 17.3. The van der Waals surface area contributed by atoms with Gasteiger partial charge in [-0.3, -0.25) is 14.4 Å². The van der Waals surface area contributed by atoms with E-state index in [0.29, 0.717) is 22.5 Å². The first-order valence-corrected chi connectivity index (χ1v) is 12.5. The van der Waals surface area contributed by atoms with Gasteiger partial charge in [-0.05, 0) is 62.1 Å². The number of carbonyl (C=O) groups excluding carboxylic acids is 3. The van der Waals surface area contributed by atoms with Crippen molar-refractivity contribution < 1.29 is 19.5 Å². The molecule has 1 aromatic carbocycles. The van der Waals surface area contributed by atoms with Gasteiger partial charge in [0, 0.05) is 62.5 Å². The van der Waals surface area contributed by atoms with Crippen molar-refractivity contribution in [3.05, 3.63) is 64.6 Å². The number of aliphatic imine (C=N–C) groups is 1. The predicted molar refractivity (Wildman–Crippen MR) is 140 cm³/mol. The Morgan fingerprint density at radius 3 is 2.22 bits per heavy atom. The third kappa shape index (κ3) is 4.39. The van der Waals surface area contributed by atoms with E-state index in [1.165, 1.54) is 13.8 Å². The summed E-state index contributed by atoms with van der Waals surface area (Å²) in [6, 6.07) is 5.55. The Balaban J connectivity index is 1.55. The minimum absolute atomic E-state index is 0.135. The lowest BCUT2D eigenvalue weighted by Gasteiger charge is -2.28. The molecule has 0 unspecified atom stereocenters. The number of rotatable bonds is 4. The van der Waals surface area contributed by atoms with Crippen molar-refractivity contribution in [1.29, 1.82) is 0 Å². The number of benzene rings is 1.